The molecule has 0 saturated heterocycles. The molecule has 1 aromatic carbocycles. The number of halogens is 1. The smallest absolute Gasteiger partial charge is 0.0207 e. The summed E-state index contributed by atoms with van der Waals surface area (Å²) in [6.07, 6.45) is 5.35. The summed E-state index contributed by atoms with van der Waals surface area (Å²) in [5.41, 5.74) is 1.69. The van der Waals surface area contributed by atoms with Crippen molar-refractivity contribution in [2.24, 2.45) is 17.8 Å². The van der Waals surface area contributed by atoms with Crippen molar-refractivity contribution >= 4 is 15.9 Å². The lowest BCUT2D eigenvalue weighted by molar-refractivity contribution is 0.174. The van der Waals surface area contributed by atoms with Gasteiger partial charge in [0.25, 0.3) is 0 Å². The van der Waals surface area contributed by atoms with Crippen molar-refractivity contribution in [3.63, 3.8) is 0 Å². The van der Waals surface area contributed by atoms with Crippen LogP contribution in [0.1, 0.15) is 52.5 Å². The van der Waals surface area contributed by atoms with Gasteiger partial charge in [0.05, 0.1) is 0 Å². The zero-order valence-corrected chi connectivity index (χ0v) is 15.5. The number of nitrogens with one attached hydrogen (secondary N) is 1. The average molecular weight is 352 g/mol. The molecule has 0 radical (unpaired) electrons. The van der Waals surface area contributed by atoms with Gasteiger partial charge in [-0.1, -0.05) is 47.5 Å². The van der Waals surface area contributed by atoms with E-state index in [4.69, 9.17) is 0 Å². The standard InChI is InChI=1S/C19H30BrN/c1-14-9-10-16(13-21-19(2,3)4)17(11-14)12-15-7-5-6-8-18(15)20/h5-8,14,16-17,21H,9-13H2,1-4H3. The molecule has 0 aromatic heterocycles. The largest absolute Gasteiger partial charge is 0.312 e. The van der Waals surface area contributed by atoms with E-state index in [0.717, 1.165) is 24.3 Å². The molecule has 1 fully saturated rings. The van der Waals surface area contributed by atoms with Crippen LogP contribution >= 0.6 is 15.9 Å². The van der Waals surface area contributed by atoms with Gasteiger partial charge in [-0.05, 0) is 76.0 Å². The van der Waals surface area contributed by atoms with E-state index in [2.05, 4.69) is 73.2 Å². The molecule has 0 amide bonds. The molecule has 21 heavy (non-hydrogen) atoms. The maximum absolute atomic E-state index is 3.73. The summed E-state index contributed by atoms with van der Waals surface area (Å²) >= 11 is 3.71. The van der Waals surface area contributed by atoms with Gasteiger partial charge in [-0.3, -0.25) is 0 Å². The second-order valence-corrected chi connectivity index (χ2v) is 8.72. The van der Waals surface area contributed by atoms with Gasteiger partial charge >= 0.3 is 0 Å². The molecular weight excluding hydrogens is 322 g/mol. The third kappa shape index (κ3) is 5.41. The Balaban J connectivity index is 2.03. The summed E-state index contributed by atoms with van der Waals surface area (Å²) in [4.78, 5) is 0. The van der Waals surface area contributed by atoms with Crippen LogP contribution in [0.25, 0.3) is 0 Å². The van der Waals surface area contributed by atoms with Crippen molar-refractivity contribution in [1.82, 2.24) is 5.32 Å². The molecule has 0 bridgehead atoms. The van der Waals surface area contributed by atoms with Gasteiger partial charge in [-0.15, -0.1) is 0 Å². The van der Waals surface area contributed by atoms with E-state index in [1.165, 1.54) is 35.7 Å². The average Bonchev–Trinajstić information content (AvgIpc) is 2.39. The van der Waals surface area contributed by atoms with Gasteiger partial charge in [0.1, 0.15) is 0 Å². The highest BCUT2D eigenvalue weighted by Crippen LogP contribution is 2.36. The molecule has 1 N–H and O–H groups in total. The Bertz CT molecular complexity index is 449. The van der Waals surface area contributed by atoms with E-state index in [1.54, 1.807) is 0 Å². The molecule has 1 saturated carbocycles. The molecule has 118 valence electrons. The first kappa shape index (κ1) is 17.0. The summed E-state index contributed by atoms with van der Waals surface area (Å²) in [7, 11) is 0. The molecule has 0 spiro atoms. The molecule has 0 aliphatic heterocycles. The minimum Gasteiger partial charge on any atom is -0.312 e. The lowest BCUT2D eigenvalue weighted by atomic mass is 9.72. The quantitative estimate of drug-likeness (QED) is 0.762. The highest BCUT2D eigenvalue weighted by molar-refractivity contribution is 9.10. The monoisotopic (exact) mass is 351 g/mol. The van der Waals surface area contributed by atoms with Crippen molar-refractivity contribution in [3.05, 3.63) is 34.3 Å². The predicted molar refractivity (Wildman–Crippen MR) is 95.6 cm³/mol. The van der Waals surface area contributed by atoms with E-state index in [-0.39, 0.29) is 5.54 Å². The Morgan fingerprint density at radius 3 is 2.52 bits per heavy atom. The second-order valence-electron chi connectivity index (χ2n) is 7.86. The van der Waals surface area contributed by atoms with Crippen LogP contribution in [0.3, 0.4) is 0 Å². The van der Waals surface area contributed by atoms with Crippen molar-refractivity contribution < 1.29 is 0 Å². The highest BCUT2D eigenvalue weighted by Gasteiger charge is 2.29. The third-order valence-electron chi connectivity index (χ3n) is 4.74. The van der Waals surface area contributed by atoms with E-state index in [0.29, 0.717) is 0 Å². The normalized spacial score (nSPS) is 26.8. The number of hydrogen-bond donors (Lipinski definition) is 1. The van der Waals surface area contributed by atoms with E-state index < -0.39 is 0 Å². The van der Waals surface area contributed by atoms with Crippen LogP contribution in [-0.4, -0.2) is 12.1 Å². The summed E-state index contributed by atoms with van der Waals surface area (Å²) < 4.78 is 1.27. The topological polar surface area (TPSA) is 12.0 Å². The second kappa shape index (κ2) is 7.28. The molecule has 3 unspecified atom stereocenters. The Morgan fingerprint density at radius 2 is 1.86 bits per heavy atom. The van der Waals surface area contributed by atoms with Crippen molar-refractivity contribution in [2.45, 2.75) is 58.9 Å². The molecule has 1 nitrogen and oxygen atoms in total. The summed E-state index contributed by atoms with van der Waals surface area (Å²) in [6.45, 7) is 10.4. The van der Waals surface area contributed by atoms with Crippen LogP contribution in [0.4, 0.5) is 0 Å². The van der Waals surface area contributed by atoms with Crippen molar-refractivity contribution in [2.75, 3.05) is 6.54 Å². The lowest BCUT2D eigenvalue weighted by Gasteiger charge is -2.37. The van der Waals surface area contributed by atoms with Crippen LogP contribution in [0.5, 0.6) is 0 Å². The SMILES string of the molecule is CC1CCC(CNC(C)(C)C)C(Cc2ccccc2Br)C1. The summed E-state index contributed by atoms with van der Waals surface area (Å²) in [5, 5.41) is 3.73. The lowest BCUT2D eigenvalue weighted by Crippen LogP contribution is -2.42. The Labute approximate surface area is 139 Å². The van der Waals surface area contributed by atoms with Crippen molar-refractivity contribution in [1.29, 1.82) is 0 Å². The maximum atomic E-state index is 3.73. The fourth-order valence-corrected chi connectivity index (χ4v) is 3.91. The Kier molecular flexibility index (Phi) is 5.90. The van der Waals surface area contributed by atoms with Gasteiger partial charge < -0.3 is 5.32 Å². The van der Waals surface area contributed by atoms with E-state index in [9.17, 15) is 0 Å². The van der Waals surface area contributed by atoms with Crippen LogP contribution in [0, 0.1) is 17.8 Å². The third-order valence-corrected chi connectivity index (χ3v) is 5.51. The highest BCUT2D eigenvalue weighted by atomic mass is 79.9. The summed E-state index contributed by atoms with van der Waals surface area (Å²) in [6, 6.07) is 8.71. The van der Waals surface area contributed by atoms with Gasteiger partial charge in [0, 0.05) is 10.0 Å². The molecule has 1 aliphatic rings. The zero-order chi connectivity index (χ0) is 15.5. The van der Waals surface area contributed by atoms with E-state index >= 15 is 0 Å². The molecule has 2 rings (SSSR count). The first-order valence-corrected chi connectivity index (χ1v) is 9.13. The fourth-order valence-electron chi connectivity index (χ4n) is 3.46. The Hall–Kier alpha value is -0.340. The molecule has 1 aromatic rings. The number of hydrogen-bond acceptors (Lipinski definition) is 1. The fraction of sp³-hybridized carbons (Fsp3) is 0.684. The Morgan fingerprint density at radius 1 is 1.14 bits per heavy atom. The first-order chi connectivity index (χ1) is 9.85. The van der Waals surface area contributed by atoms with Gasteiger partial charge in [-0.2, -0.15) is 0 Å². The zero-order valence-electron chi connectivity index (χ0n) is 14.0. The molecule has 0 heterocycles. The van der Waals surface area contributed by atoms with Gasteiger partial charge in [-0.25, -0.2) is 0 Å². The van der Waals surface area contributed by atoms with Crippen LogP contribution in [-0.2, 0) is 6.42 Å². The minimum absolute atomic E-state index is 0.223. The van der Waals surface area contributed by atoms with Crippen LogP contribution in [0.2, 0.25) is 0 Å². The van der Waals surface area contributed by atoms with Crippen LogP contribution < -0.4 is 5.32 Å². The first-order valence-electron chi connectivity index (χ1n) is 8.33. The van der Waals surface area contributed by atoms with Crippen molar-refractivity contribution in [3.8, 4) is 0 Å². The molecule has 1 aliphatic carbocycles. The number of rotatable bonds is 4. The van der Waals surface area contributed by atoms with Gasteiger partial charge in [0.2, 0.25) is 0 Å². The minimum atomic E-state index is 0.223. The summed E-state index contributed by atoms with van der Waals surface area (Å²) in [5.74, 6) is 2.50. The maximum Gasteiger partial charge on any atom is 0.0207 e. The van der Waals surface area contributed by atoms with E-state index in [1.807, 2.05) is 0 Å². The predicted octanol–water partition coefficient (Wildman–Crippen LogP) is 5.43. The molecule has 2 heteroatoms. The van der Waals surface area contributed by atoms with Gasteiger partial charge in [0.15, 0.2) is 0 Å². The molecular formula is C19H30BrN. The van der Waals surface area contributed by atoms with Crippen LogP contribution in [0.15, 0.2) is 28.7 Å². The molecule has 3 atom stereocenters. The number of benzene rings is 1.